The largest absolute Gasteiger partial charge is 0.303 e. The highest BCUT2D eigenvalue weighted by Gasteiger charge is 2.56. The second-order valence-electron chi connectivity index (χ2n) is 4.27. The first-order valence-electron chi connectivity index (χ1n) is 5.45. The van der Waals surface area contributed by atoms with Crippen LogP contribution in [0, 0.1) is 4.91 Å². The number of hydrogen-bond acceptors (Lipinski definition) is 7. The molecular weight excluding hydrogens is 326 g/mol. The molecule has 0 saturated heterocycles. The van der Waals surface area contributed by atoms with Gasteiger partial charge in [0.1, 0.15) is 0 Å². The average Bonchev–Trinajstić information content (AvgIpc) is 2.37. The summed E-state index contributed by atoms with van der Waals surface area (Å²) >= 11 is -3.08. The molecule has 114 valence electrons. The Kier molecular flexibility index (Phi) is 4.04. The van der Waals surface area contributed by atoms with Crippen LogP contribution in [-0.4, -0.2) is 27.5 Å². The maximum Gasteiger partial charge on any atom is 0.303 e. The van der Waals surface area contributed by atoms with E-state index < -0.39 is 44.7 Å². The molecule has 2 rings (SSSR count). The van der Waals surface area contributed by atoms with Gasteiger partial charge in [0, 0.05) is 5.56 Å². The fourth-order valence-electron chi connectivity index (χ4n) is 2.26. The van der Waals surface area contributed by atoms with Crippen molar-refractivity contribution in [3.8, 4) is 0 Å². The van der Waals surface area contributed by atoms with E-state index in [1.54, 1.807) is 0 Å². The third-order valence-corrected chi connectivity index (χ3v) is 4.92. The summed E-state index contributed by atoms with van der Waals surface area (Å²) in [7, 11) is -5.10. The molecular formula is C10H9NO8S2. The number of ketones is 1. The number of benzene rings is 1. The topological polar surface area (TPSA) is 147 Å². The van der Waals surface area contributed by atoms with Crippen LogP contribution < -0.4 is 0 Å². The molecule has 11 heteroatoms. The molecule has 1 aromatic rings. The van der Waals surface area contributed by atoms with Gasteiger partial charge in [0.05, 0.1) is 6.42 Å². The highest BCUT2D eigenvalue weighted by atomic mass is 32.2. The first-order valence-corrected chi connectivity index (χ1v) is 7.92. The molecule has 0 fully saturated rings. The molecule has 0 aliphatic heterocycles. The molecule has 1 aliphatic carbocycles. The highest BCUT2D eigenvalue weighted by Crippen LogP contribution is 2.45. The van der Waals surface area contributed by atoms with E-state index in [9.17, 15) is 26.9 Å². The van der Waals surface area contributed by atoms with E-state index in [0.717, 1.165) is 0 Å². The summed E-state index contributed by atoms with van der Waals surface area (Å²) in [4.78, 5) is 19.9. The smallest absolute Gasteiger partial charge is 0.297 e. The lowest BCUT2D eigenvalue weighted by Gasteiger charge is -2.34. The number of hydrogen-bond donors (Lipinski definition) is 2. The lowest BCUT2D eigenvalue weighted by molar-refractivity contribution is -0.123. The van der Waals surface area contributed by atoms with Crippen LogP contribution in [0.5, 0.6) is 0 Å². The van der Waals surface area contributed by atoms with Crippen molar-refractivity contribution in [2.75, 3.05) is 0 Å². The number of Topliss-reactive ketones (excluding diaryl/α,β-unsaturated/α-hetero) is 1. The van der Waals surface area contributed by atoms with E-state index in [1.165, 1.54) is 24.3 Å². The molecule has 1 aliphatic rings. The fraction of sp³-hybridized carbons (Fsp3) is 0.300. The van der Waals surface area contributed by atoms with Gasteiger partial charge in [-0.2, -0.15) is 12.6 Å². The van der Waals surface area contributed by atoms with Crippen LogP contribution in [0.2, 0.25) is 0 Å². The zero-order valence-corrected chi connectivity index (χ0v) is 11.8. The molecule has 0 aromatic heterocycles. The lowest BCUT2D eigenvalue weighted by Crippen LogP contribution is -2.45. The van der Waals surface area contributed by atoms with E-state index in [1.807, 2.05) is 0 Å². The summed E-state index contributed by atoms with van der Waals surface area (Å²) in [6.45, 7) is 0. The van der Waals surface area contributed by atoms with Crippen LogP contribution in [0.4, 0.5) is 0 Å². The molecule has 0 bridgehead atoms. The molecule has 0 amide bonds. The molecule has 1 aromatic carbocycles. The van der Waals surface area contributed by atoms with Gasteiger partial charge in [-0.05, 0) is 5.56 Å². The van der Waals surface area contributed by atoms with Gasteiger partial charge >= 0.3 is 21.5 Å². The maximum absolute atomic E-state index is 11.9. The third kappa shape index (κ3) is 2.53. The quantitative estimate of drug-likeness (QED) is 0.463. The highest BCUT2D eigenvalue weighted by molar-refractivity contribution is 7.87. The zero-order chi connectivity index (χ0) is 15.8. The van der Waals surface area contributed by atoms with Crippen molar-refractivity contribution < 1.29 is 30.7 Å². The maximum atomic E-state index is 11.9. The number of carbonyl (C=O) groups is 1. The number of carbonyl (C=O) groups excluding carboxylic acids is 1. The number of nitroso groups, excluding NO2 is 1. The summed E-state index contributed by atoms with van der Waals surface area (Å²) < 4.78 is 57.0. The van der Waals surface area contributed by atoms with Gasteiger partial charge in [0.25, 0.3) is 0 Å². The minimum atomic E-state index is -5.10. The SMILES string of the molecule is O=NC1C(=O)CC(OS(=O)O)(S(=O)(=O)O)c2ccccc21. The number of nitrogens with zero attached hydrogens (tertiary/aromatic N) is 1. The van der Waals surface area contributed by atoms with Crippen molar-refractivity contribution in [1.82, 2.24) is 0 Å². The van der Waals surface area contributed by atoms with Crippen molar-refractivity contribution in [1.29, 1.82) is 0 Å². The summed E-state index contributed by atoms with van der Waals surface area (Å²) in [6, 6.07) is 3.73. The lowest BCUT2D eigenvalue weighted by atomic mass is 9.85. The van der Waals surface area contributed by atoms with E-state index in [-0.39, 0.29) is 11.1 Å². The van der Waals surface area contributed by atoms with Gasteiger partial charge in [-0.25, -0.2) is 4.18 Å². The fourth-order valence-corrected chi connectivity index (χ4v) is 3.94. The molecule has 0 heterocycles. The predicted molar refractivity (Wildman–Crippen MR) is 69.7 cm³/mol. The van der Waals surface area contributed by atoms with Crippen molar-refractivity contribution in [2.45, 2.75) is 17.4 Å². The first kappa shape index (κ1) is 15.9. The van der Waals surface area contributed by atoms with Gasteiger partial charge in [-0.1, -0.05) is 29.4 Å². The molecule has 0 saturated carbocycles. The Morgan fingerprint density at radius 2 is 2.00 bits per heavy atom. The van der Waals surface area contributed by atoms with E-state index >= 15 is 0 Å². The number of fused-ring (bicyclic) bond motifs is 1. The van der Waals surface area contributed by atoms with Gasteiger partial charge in [0.2, 0.25) is 4.93 Å². The molecule has 21 heavy (non-hydrogen) atoms. The van der Waals surface area contributed by atoms with Gasteiger partial charge < -0.3 is 0 Å². The molecule has 0 spiro atoms. The molecule has 3 unspecified atom stereocenters. The molecule has 9 nitrogen and oxygen atoms in total. The Balaban J connectivity index is 2.81. The van der Waals surface area contributed by atoms with E-state index in [4.69, 9.17) is 4.55 Å². The summed E-state index contributed by atoms with van der Waals surface area (Å²) in [5, 5.41) is 2.63. The van der Waals surface area contributed by atoms with Crippen LogP contribution in [-0.2, 0) is 35.4 Å². The van der Waals surface area contributed by atoms with E-state index in [0.29, 0.717) is 0 Å². The van der Waals surface area contributed by atoms with Gasteiger partial charge in [0.15, 0.2) is 11.8 Å². The molecule has 3 atom stereocenters. The van der Waals surface area contributed by atoms with Crippen molar-refractivity contribution in [3.05, 3.63) is 40.3 Å². The second kappa shape index (κ2) is 5.35. The Morgan fingerprint density at radius 1 is 1.38 bits per heavy atom. The monoisotopic (exact) mass is 335 g/mol. The Bertz CT molecular complexity index is 730. The standard InChI is InChI=1S/C10H9NO8S2/c12-8-5-10(19-20(14)15,21(16,17)18)7-4-2-1-3-6(7)9(8)11-13/h1-4,9H,5H2,(H,14,15)(H,16,17,18). The average molecular weight is 335 g/mol. The summed E-state index contributed by atoms with van der Waals surface area (Å²) in [5.41, 5.74) is -0.383. The van der Waals surface area contributed by atoms with Gasteiger partial charge in [-0.3, -0.25) is 13.9 Å². The van der Waals surface area contributed by atoms with Crippen LogP contribution in [0.1, 0.15) is 23.6 Å². The number of rotatable bonds is 4. The van der Waals surface area contributed by atoms with E-state index in [2.05, 4.69) is 9.36 Å². The summed E-state index contributed by atoms with van der Waals surface area (Å²) in [6.07, 6.45) is -1.01. The first-order chi connectivity index (χ1) is 9.73. The molecule has 0 radical (unpaired) electrons. The summed E-state index contributed by atoms with van der Waals surface area (Å²) in [5.74, 6) is -0.952. The van der Waals surface area contributed by atoms with Crippen LogP contribution in [0.15, 0.2) is 29.4 Å². The zero-order valence-electron chi connectivity index (χ0n) is 10.2. The normalized spacial score (nSPS) is 27.0. The van der Waals surface area contributed by atoms with Crippen molar-refractivity contribution >= 4 is 27.3 Å². The van der Waals surface area contributed by atoms with Gasteiger partial charge in [-0.15, -0.1) is 4.91 Å². The Morgan fingerprint density at radius 3 is 2.52 bits per heavy atom. The third-order valence-electron chi connectivity index (χ3n) is 3.11. The minimum Gasteiger partial charge on any atom is -0.297 e. The van der Waals surface area contributed by atoms with Crippen molar-refractivity contribution in [3.63, 3.8) is 0 Å². The van der Waals surface area contributed by atoms with Crippen LogP contribution in [0.3, 0.4) is 0 Å². The Hall–Kier alpha value is -1.53. The second-order valence-corrected chi connectivity index (χ2v) is 6.48. The van der Waals surface area contributed by atoms with Crippen LogP contribution in [0.25, 0.3) is 0 Å². The van der Waals surface area contributed by atoms with Crippen LogP contribution >= 0.6 is 0 Å². The Labute approximate surface area is 121 Å². The minimum absolute atomic E-state index is 0.105. The predicted octanol–water partition coefficient (Wildman–Crippen LogP) is 0.661. The van der Waals surface area contributed by atoms with Crippen molar-refractivity contribution in [2.24, 2.45) is 5.18 Å². The molecule has 2 N–H and O–H groups in total.